The molecule has 1 fully saturated rings. The second-order valence-corrected chi connectivity index (χ2v) is 5.39. The lowest BCUT2D eigenvalue weighted by Gasteiger charge is -2.34. The number of amides is 1. The van der Waals surface area contributed by atoms with E-state index in [0.717, 1.165) is 38.0 Å². The summed E-state index contributed by atoms with van der Waals surface area (Å²) in [4.78, 5) is 14.8. The molecule has 1 heterocycles. The molecule has 1 aromatic carbocycles. The fourth-order valence-electron chi connectivity index (χ4n) is 2.76. The Kier molecular flexibility index (Phi) is 7.03. The van der Waals surface area contributed by atoms with Gasteiger partial charge < -0.3 is 10.2 Å². The van der Waals surface area contributed by atoms with E-state index in [0.29, 0.717) is 11.9 Å². The van der Waals surface area contributed by atoms with Gasteiger partial charge in [-0.05, 0) is 18.9 Å². The number of rotatable bonds is 4. The minimum atomic E-state index is 0. The summed E-state index contributed by atoms with van der Waals surface area (Å²) in [5, 5.41) is 3.38. The number of hydrogen-bond donors (Lipinski definition) is 1. The minimum Gasteiger partial charge on any atom is -0.339 e. The summed E-state index contributed by atoms with van der Waals surface area (Å²) < 4.78 is 0. The first kappa shape index (κ1) is 17.0. The molecule has 1 N–H and O–H groups in total. The summed E-state index contributed by atoms with van der Waals surface area (Å²) in [6, 6.07) is 10.6. The summed E-state index contributed by atoms with van der Waals surface area (Å²) >= 11 is 0. The lowest BCUT2D eigenvalue weighted by Crippen LogP contribution is -2.52. The highest BCUT2D eigenvalue weighted by Gasteiger charge is 2.27. The molecule has 1 aromatic rings. The van der Waals surface area contributed by atoms with Gasteiger partial charge in [0.05, 0.1) is 5.92 Å². The second kappa shape index (κ2) is 8.28. The molecule has 0 aromatic heterocycles. The van der Waals surface area contributed by atoms with E-state index in [1.807, 2.05) is 23.1 Å². The number of nitrogens with one attached hydrogen (secondary N) is 1. The van der Waals surface area contributed by atoms with Crippen LogP contribution >= 0.6 is 12.4 Å². The Morgan fingerprint density at radius 1 is 1.40 bits per heavy atom. The molecule has 112 valence electrons. The van der Waals surface area contributed by atoms with Crippen LogP contribution in [0.4, 0.5) is 0 Å². The van der Waals surface area contributed by atoms with Gasteiger partial charge in [-0.3, -0.25) is 4.79 Å². The van der Waals surface area contributed by atoms with E-state index < -0.39 is 0 Å². The van der Waals surface area contributed by atoms with Crippen LogP contribution in [0.1, 0.15) is 38.2 Å². The van der Waals surface area contributed by atoms with Crippen LogP contribution in [0.3, 0.4) is 0 Å². The third-order valence-corrected chi connectivity index (χ3v) is 3.76. The molecule has 1 saturated heterocycles. The zero-order valence-corrected chi connectivity index (χ0v) is 13.2. The lowest BCUT2D eigenvalue weighted by atomic mass is 9.92. The average Bonchev–Trinajstić information content (AvgIpc) is 2.45. The smallest absolute Gasteiger partial charge is 0.230 e. The predicted octanol–water partition coefficient (Wildman–Crippen LogP) is 2.81. The van der Waals surface area contributed by atoms with Crippen molar-refractivity contribution in [1.29, 1.82) is 0 Å². The lowest BCUT2D eigenvalue weighted by molar-refractivity contribution is -0.134. The van der Waals surface area contributed by atoms with Gasteiger partial charge in [-0.25, -0.2) is 0 Å². The molecule has 0 radical (unpaired) electrons. The van der Waals surface area contributed by atoms with Crippen molar-refractivity contribution >= 4 is 18.3 Å². The van der Waals surface area contributed by atoms with Gasteiger partial charge in [0.15, 0.2) is 0 Å². The van der Waals surface area contributed by atoms with Crippen molar-refractivity contribution in [3.63, 3.8) is 0 Å². The zero-order valence-electron chi connectivity index (χ0n) is 12.3. The Labute approximate surface area is 128 Å². The highest BCUT2D eigenvalue weighted by molar-refractivity contribution is 5.85. The first-order chi connectivity index (χ1) is 9.22. The first-order valence-electron chi connectivity index (χ1n) is 7.29. The van der Waals surface area contributed by atoms with Crippen molar-refractivity contribution in [1.82, 2.24) is 10.2 Å². The van der Waals surface area contributed by atoms with E-state index in [1.165, 1.54) is 0 Å². The van der Waals surface area contributed by atoms with E-state index in [-0.39, 0.29) is 18.3 Å². The minimum absolute atomic E-state index is 0. The number of piperazine rings is 1. The van der Waals surface area contributed by atoms with Crippen LogP contribution in [-0.2, 0) is 4.79 Å². The first-order valence-corrected chi connectivity index (χ1v) is 7.29. The summed E-state index contributed by atoms with van der Waals surface area (Å²) in [7, 11) is 0. The molecule has 2 unspecified atom stereocenters. The van der Waals surface area contributed by atoms with Crippen LogP contribution in [0, 0.1) is 0 Å². The van der Waals surface area contributed by atoms with Gasteiger partial charge in [-0.1, -0.05) is 43.7 Å². The predicted molar refractivity (Wildman–Crippen MR) is 85.4 cm³/mol. The number of carbonyl (C=O) groups is 1. The van der Waals surface area contributed by atoms with E-state index in [4.69, 9.17) is 0 Å². The monoisotopic (exact) mass is 296 g/mol. The SMILES string of the molecule is CCCC(C(=O)N1CCNC(C)C1)c1ccccc1.Cl. The summed E-state index contributed by atoms with van der Waals surface area (Å²) in [6.45, 7) is 6.84. The van der Waals surface area contributed by atoms with Gasteiger partial charge in [0.1, 0.15) is 0 Å². The Morgan fingerprint density at radius 3 is 2.70 bits per heavy atom. The number of nitrogens with zero attached hydrogens (tertiary/aromatic N) is 1. The Morgan fingerprint density at radius 2 is 2.10 bits per heavy atom. The molecule has 4 heteroatoms. The number of hydrogen-bond acceptors (Lipinski definition) is 2. The van der Waals surface area contributed by atoms with Crippen molar-refractivity contribution in [2.24, 2.45) is 0 Å². The maximum absolute atomic E-state index is 12.7. The van der Waals surface area contributed by atoms with Crippen molar-refractivity contribution in [2.75, 3.05) is 19.6 Å². The summed E-state index contributed by atoms with van der Waals surface area (Å²) in [5.41, 5.74) is 1.15. The topological polar surface area (TPSA) is 32.3 Å². The zero-order chi connectivity index (χ0) is 13.7. The van der Waals surface area contributed by atoms with Crippen LogP contribution in [0.5, 0.6) is 0 Å². The normalized spacial score (nSPS) is 20.1. The molecule has 1 aliphatic rings. The molecule has 0 saturated carbocycles. The van der Waals surface area contributed by atoms with Crippen molar-refractivity contribution in [3.8, 4) is 0 Å². The van der Waals surface area contributed by atoms with E-state index in [9.17, 15) is 4.79 Å². The van der Waals surface area contributed by atoms with Crippen LogP contribution in [-0.4, -0.2) is 36.5 Å². The molecule has 0 spiro atoms. The number of halogens is 1. The standard InChI is InChI=1S/C16H24N2O.ClH/c1-3-7-15(14-8-5-4-6-9-14)16(19)18-11-10-17-13(2)12-18;/h4-6,8-9,13,15,17H,3,7,10-12H2,1-2H3;1H. The Balaban J connectivity index is 0.00000200. The third-order valence-electron chi connectivity index (χ3n) is 3.76. The fraction of sp³-hybridized carbons (Fsp3) is 0.562. The maximum Gasteiger partial charge on any atom is 0.230 e. The van der Waals surface area contributed by atoms with Gasteiger partial charge in [0.2, 0.25) is 5.91 Å². The molecular weight excluding hydrogens is 272 g/mol. The number of benzene rings is 1. The molecule has 3 nitrogen and oxygen atoms in total. The largest absolute Gasteiger partial charge is 0.339 e. The highest BCUT2D eigenvalue weighted by atomic mass is 35.5. The van der Waals surface area contributed by atoms with Crippen molar-refractivity contribution in [3.05, 3.63) is 35.9 Å². The van der Waals surface area contributed by atoms with E-state index in [1.54, 1.807) is 0 Å². The van der Waals surface area contributed by atoms with Crippen LogP contribution in [0.25, 0.3) is 0 Å². The van der Waals surface area contributed by atoms with Gasteiger partial charge in [0.25, 0.3) is 0 Å². The number of carbonyl (C=O) groups excluding carboxylic acids is 1. The molecule has 1 amide bonds. The fourth-order valence-corrected chi connectivity index (χ4v) is 2.76. The molecule has 2 atom stereocenters. The molecule has 20 heavy (non-hydrogen) atoms. The molecule has 2 rings (SSSR count). The highest BCUT2D eigenvalue weighted by Crippen LogP contribution is 2.24. The summed E-state index contributed by atoms with van der Waals surface area (Å²) in [6.07, 6.45) is 1.97. The van der Waals surface area contributed by atoms with Crippen LogP contribution < -0.4 is 5.32 Å². The second-order valence-electron chi connectivity index (χ2n) is 5.39. The van der Waals surface area contributed by atoms with Crippen molar-refractivity contribution < 1.29 is 4.79 Å². The van der Waals surface area contributed by atoms with E-state index >= 15 is 0 Å². The van der Waals surface area contributed by atoms with Gasteiger partial charge >= 0.3 is 0 Å². The van der Waals surface area contributed by atoms with Gasteiger partial charge in [0, 0.05) is 25.7 Å². The van der Waals surface area contributed by atoms with E-state index in [2.05, 4.69) is 31.3 Å². The molecule has 1 aliphatic heterocycles. The molecule has 0 bridgehead atoms. The third kappa shape index (κ3) is 4.22. The Hall–Kier alpha value is -1.06. The summed E-state index contributed by atoms with van der Waals surface area (Å²) in [5.74, 6) is 0.317. The van der Waals surface area contributed by atoms with Crippen LogP contribution in [0.15, 0.2) is 30.3 Å². The molecule has 0 aliphatic carbocycles. The Bertz CT molecular complexity index is 410. The quantitative estimate of drug-likeness (QED) is 0.927. The average molecular weight is 297 g/mol. The van der Waals surface area contributed by atoms with Crippen molar-refractivity contribution in [2.45, 2.75) is 38.6 Å². The van der Waals surface area contributed by atoms with Gasteiger partial charge in [-0.15, -0.1) is 12.4 Å². The van der Waals surface area contributed by atoms with Gasteiger partial charge in [-0.2, -0.15) is 0 Å². The van der Waals surface area contributed by atoms with Crippen LogP contribution in [0.2, 0.25) is 0 Å². The maximum atomic E-state index is 12.7. The molecular formula is C16H25ClN2O.